The minimum Gasteiger partial charge on any atom is -0.494 e. The number of methoxy groups -OCH3 is 1. The highest BCUT2D eigenvalue weighted by molar-refractivity contribution is 6.10. The van der Waals surface area contributed by atoms with E-state index in [1.807, 2.05) is 32.0 Å². The predicted molar refractivity (Wildman–Crippen MR) is 89.4 cm³/mol. The van der Waals surface area contributed by atoms with Gasteiger partial charge in [-0.3, -0.25) is 4.79 Å². The summed E-state index contributed by atoms with van der Waals surface area (Å²) in [6.45, 7) is 3.94. The maximum absolute atomic E-state index is 12.8. The van der Waals surface area contributed by atoms with Crippen molar-refractivity contribution in [3.8, 4) is 5.75 Å². The minimum atomic E-state index is -0.273. The van der Waals surface area contributed by atoms with Crippen LogP contribution in [-0.2, 0) is 4.79 Å². The first-order valence-electron chi connectivity index (χ1n) is 7.09. The molecular weight excluding hydrogens is 292 g/mol. The topological polar surface area (TPSA) is 59.0 Å². The fourth-order valence-corrected chi connectivity index (χ4v) is 2.49. The molecule has 0 aliphatic heterocycles. The summed E-state index contributed by atoms with van der Waals surface area (Å²) in [5.41, 5.74) is 3.38. The molecular formula is C18H18N2O3. The van der Waals surface area contributed by atoms with E-state index >= 15 is 0 Å². The lowest BCUT2D eigenvalue weighted by Crippen LogP contribution is -2.27. The molecule has 0 aliphatic carbocycles. The van der Waals surface area contributed by atoms with Crippen molar-refractivity contribution in [3.63, 3.8) is 0 Å². The normalized spacial score (nSPS) is 9.91. The molecule has 0 heterocycles. The van der Waals surface area contributed by atoms with E-state index in [4.69, 9.17) is 4.74 Å². The highest BCUT2D eigenvalue weighted by Gasteiger charge is 2.20. The highest BCUT2D eigenvalue weighted by Crippen LogP contribution is 2.33. The summed E-state index contributed by atoms with van der Waals surface area (Å²) in [4.78, 5) is 28.7. The number of rotatable bonds is 4. The molecule has 0 spiro atoms. The number of aryl methyl sites for hydroxylation is 2. The fourth-order valence-electron chi connectivity index (χ4n) is 2.49. The first kappa shape index (κ1) is 16.5. The van der Waals surface area contributed by atoms with Crippen molar-refractivity contribution in [2.75, 3.05) is 19.1 Å². The number of hydrogen-bond acceptors (Lipinski definition) is 4. The molecule has 0 N–H and O–H groups in total. The number of carbonyl (C=O) groups is 1. The van der Waals surface area contributed by atoms with E-state index in [9.17, 15) is 9.59 Å². The SMILES string of the molecule is COc1cccc(C(=O)N(C)c2ccc(C)cc2C)c1N=C=O. The molecule has 0 aromatic heterocycles. The molecule has 0 radical (unpaired) electrons. The van der Waals surface area contributed by atoms with Gasteiger partial charge in [0.25, 0.3) is 5.91 Å². The molecule has 5 heteroatoms. The van der Waals surface area contributed by atoms with Gasteiger partial charge in [-0.15, -0.1) is 0 Å². The zero-order valence-electron chi connectivity index (χ0n) is 13.6. The van der Waals surface area contributed by atoms with E-state index in [0.717, 1.165) is 16.8 Å². The summed E-state index contributed by atoms with van der Waals surface area (Å²) in [7, 11) is 3.15. The number of nitrogens with zero attached hydrogens (tertiary/aromatic N) is 2. The molecule has 0 fully saturated rings. The zero-order chi connectivity index (χ0) is 17.0. The van der Waals surface area contributed by atoms with Crippen molar-refractivity contribution in [1.29, 1.82) is 0 Å². The van der Waals surface area contributed by atoms with Crippen molar-refractivity contribution in [2.24, 2.45) is 4.99 Å². The number of ether oxygens (including phenoxy) is 1. The Morgan fingerprint density at radius 1 is 1.22 bits per heavy atom. The number of benzene rings is 2. The fraction of sp³-hybridized carbons (Fsp3) is 0.222. The number of carbonyl (C=O) groups excluding carboxylic acids is 2. The van der Waals surface area contributed by atoms with Gasteiger partial charge in [-0.05, 0) is 37.6 Å². The molecule has 0 aliphatic rings. The van der Waals surface area contributed by atoms with Crippen LogP contribution in [0.15, 0.2) is 41.4 Å². The molecule has 0 unspecified atom stereocenters. The number of hydrogen-bond donors (Lipinski definition) is 0. The van der Waals surface area contributed by atoms with Crippen LogP contribution in [-0.4, -0.2) is 26.1 Å². The lowest BCUT2D eigenvalue weighted by atomic mass is 10.1. The van der Waals surface area contributed by atoms with Crippen LogP contribution in [0, 0.1) is 13.8 Å². The monoisotopic (exact) mass is 310 g/mol. The van der Waals surface area contributed by atoms with Crippen LogP contribution in [0.1, 0.15) is 21.5 Å². The van der Waals surface area contributed by atoms with E-state index in [1.54, 1.807) is 25.2 Å². The van der Waals surface area contributed by atoms with Crippen molar-refractivity contribution in [3.05, 3.63) is 53.1 Å². The average Bonchev–Trinajstić information content (AvgIpc) is 2.54. The van der Waals surface area contributed by atoms with Gasteiger partial charge >= 0.3 is 0 Å². The molecule has 0 atom stereocenters. The van der Waals surface area contributed by atoms with E-state index in [0.29, 0.717) is 5.75 Å². The van der Waals surface area contributed by atoms with Crippen molar-refractivity contribution in [2.45, 2.75) is 13.8 Å². The van der Waals surface area contributed by atoms with E-state index < -0.39 is 0 Å². The summed E-state index contributed by atoms with van der Waals surface area (Å²) in [6.07, 6.45) is 1.48. The number of para-hydroxylation sites is 1. The molecule has 1 amide bonds. The largest absolute Gasteiger partial charge is 0.494 e. The van der Waals surface area contributed by atoms with Crippen LogP contribution in [0.2, 0.25) is 0 Å². The summed E-state index contributed by atoms with van der Waals surface area (Å²) in [5.74, 6) is 0.0816. The first-order valence-corrected chi connectivity index (χ1v) is 7.09. The van der Waals surface area contributed by atoms with E-state index in [2.05, 4.69) is 4.99 Å². The Hall–Kier alpha value is -2.91. The Kier molecular flexibility index (Phi) is 4.94. The van der Waals surface area contributed by atoms with Crippen molar-refractivity contribution in [1.82, 2.24) is 0 Å². The van der Waals surface area contributed by atoms with Gasteiger partial charge < -0.3 is 9.64 Å². The molecule has 5 nitrogen and oxygen atoms in total. The lowest BCUT2D eigenvalue weighted by Gasteiger charge is -2.21. The zero-order valence-corrected chi connectivity index (χ0v) is 13.6. The van der Waals surface area contributed by atoms with Crippen LogP contribution in [0.3, 0.4) is 0 Å². The second-order valence-electron chi connectivity index (χ2n) is 5.21. The molecule has 0 saturated carbocycles. The number of anilines is 1. The molecule has 23 heavy (non-hydrogen) atoms. The van der Waals surface area contributed by atoms with Crippen molar-refractivity contribution >= 4 is 23.4 Å². The number of aliphatic imine (C=N–C) groups is 1. The Labute approximate surface area is 135 Å². The third-order valence-electron chi connectivity index (χ3n) is 3.63. The van der Waals surface area contributed by atoms with Gasteiger partial charge in [-0.25, -0.2) is 4.79 Å². The minimum absolute atomic E-state index is 0.187. The lowest BCUT2D eigenvalue weighted by molar-refractivity contribution is 0.0993. The molecule has 0 saturated heterocycles. The maximum Gasteiger partial charge on any atom is 0.260 e. The van der Waals surface area contributed by atoms with Gasteiger partial charge in [0, 0.05) is 12.7 Å². The van der Waals surface area contributed by atoms with Crippen LogP contribution >= 0.6 is 0 Å². The van der Waals surface area contributed by atoms with Crippen LogP contribution < -0.4 is 9.64 Å². The molecule has 2 rings (SSSR count). The van der Waals surface area contributed by atoms with Gasteiger partial charge in [0.05, 0.1) is 12.7 Å². The quantitative estimate of drug-likeness (QED) is 0.641. The Bertz CT molecular complexity index is 793. The number of isocyanates is 1. The maximum atomic E-state index is 12.8. The smallest absolute Gasteiger partial charge is 0.260 e. The molecule has 2 aromatic rings. The van der Waals surface area contributed by atoms with Crippen molar-refractivity contribution < 1.29 is 14.3 Å². The predicted octanol–water partition coefficient (Wildman–Crippen LogP) is 3.56. The summed E-state index contributed by atoms with van der Waals surface area (Å²) < 4.78 is 5.17. The first-order chi connectivity index (χ1) is 11.0. The summed E-state index contributed by atoms with van der Waals surface area (Å²) in [6, 6.07) is 10.8. The summed E-state index contributed by atoms with van der Waals surface area (Å²) in [5, 5.41) is 0. The second kappa shape index (κ2) is 6.90. The Morgan fingerprint density at radius 3 is 2.57 bits per heavy atom. The van der Waals surface area contributed by atoms with Gasteiger partial charge in [0.2, 0.25) is 6.08 Å². The van der Waals surface area contributed by atoms with Gasteiger partial charge in [-0.2, -0.15) is 4.99 Å². The third kappa shape index (κ3) is 3.30. The third-order valence-corrected chi connectivity index (χ3v) is 3.63. The Balaban J connectivity index is 2.50. The molecule has 118 valence electrons. The molecule has 2 aromatic carbocycles. The van der Waals surface area contributed by atoms with E-state index in [-0.39, 0.29) is 17.2 Å². The van der Waals surface area contributed by atoms with Crippen LogP contribution in [0.4, 0.5) is 11.4 Å². The second-order valence-corrected chi connectivity index (χ2v) is 5.21. The van der Waals surface area contributed by atoms with Gasteiger partial charge in [0.1, 0.15) is 11.4 Å². The Morgan fingerprint density at radius 2 is 1.96 bits per heavy atom. The van der Waals surface area contributed by atoms with E-state index in [1.165, 1.54) is 18.1 Å². The van der Waals surface area contributed by atoms with Crippen LogP contribution in [0.25, 0.3) is 0 Å². The number of amides is 1. The molecule has 0 bridgehead atoms. The van der Waals surface area contributed by atoms with Gasteiger partial charge in [-0.1, -0.05) is 23.8 Å². The van der Waals surface area contributed by atoms with Gasteiger partial charge in [0.15, 0.2) is 0 Å². The van der Waals surface area contributed by atoms with Crippen LogP contribution in [0.5, 0.6) is 5.75 Å². The summed E-state index contributed by atoms with van der Waals surface area (Å²) >= 11 is 0. The standard InChI is InChI=1S/C18H18N2O3/c1-12-8-9-15(13(2)10-12)20(3)18(22)14-6-5-7-16(23-4)17(14)19-11-21/h5-10H,1-4H3. The average molecular weight is 310 g/mol. The highest BCUT2D eigenvalue weighted by atomic mass is 16.5.